The first-order chi connectivity index (χ1) is 15.0. The highest BCUT2D eigenvalue weighted by atomic mass is 32.1. The molecule has 2 aliphatic rings. The lowest BCUT2D eigenvalue weighted by Gasteiger charge is -2.47. The highest BCUT2D eigenvalue weighted by Crippen LogP contribution is 2.40. The van der Waals surface area contributed by atoms with Gasteiger partial charge in [-0.2, -0.15) is 0 Å². The summed E-state index contributed by atoms with van der Waals surface area (Å²) in [6.45, 7) is 10.1. The zero-order valence-electron chi connectivity index (χ0n) is 19.8. The average molecular weight is 450 g/mol. The molecule has 3 heterocycles. The van der Waals surface area contributed by atoms with Crippen LogP contribution in [0.3, 0.4) is 0 Å². The first-order valence-corrected chi connectivity index (χ1v) is 13.4. The van der Waals surface area contributed by atoms with Crippen LogP contribution in [0.5, 0.6) is 0 Å². The van der Waals surface area contributed by atoms with Crippen molar-refractivity contribution in [3.05, 3.63) is 16.1 Å². The largest absolute Gasteiger partial charge is 0.396 e. The smallest absolute Gasteiger partial charge is 0.265 e. The number of hydrogen-bond donors (Lipinski definition) is 1. The van der Waals surface area contributed by atoms with Crippen molar-refractivity contribution < 1.29 is 9.90 Å². The van der Waals surface area contributed by atoms with Crippen LogP contribution in [0.4, 0.5) is 0 Å². The Morgan fingerprint density at radius 2 is 1.74 bits per heavy atom. The van der Waals surface area contributed by atoms with Gasteiger partial charge in [-0.3, -0.25) is 4.79 Å². The summed E-state index contributed by atoms with van der Waals surface area (Å²) in [5.41, 5.74) is 0.336. The molecule has 1 spiro atoms. The predicted octanol–water partition coefficient (Wildman–Crippen LogP) is 5.31. The Balaban J connectivity index is 1.38. The molecule has 0 unspecified atom stereocenters. The normalized spacial score (nSPS) is 19.4. The summed E-state index contributed by atoms with van der Waals surface area (Å²) in [6, 6.07) is 0. The number of carbonyl (C=O) groups excluding carboxylic acids is 1. The molecule has 0 aliphatic carbocycles. The molecule has 0 atom stereocenters. The van der Waals surface area contributed by atoms with E-state index in [0.717, 1.165) is 35.8 Å². The van der Waals surface area contributed by atoms with E-state index in [2.05, 4.69) is 28.6 Å². The van der Waals surface area contributed by atoms with Crippen molar-refractivity contribution in [2.24, 2.45) is 5.41 Å². The number of nitrogens with zero attached hydrogens (tertiary/aromatic N) is 3. The fourth-order valence-corrected chi connectivity index (χ4v) is 6.07. The fraction of sp³-hybridized carbons (Fsp3) is 0.840. The summed E-state index contributed by atoms with van der Waals surface area (Å²) in [5.74, 6) is 0.583. The van der Waals surface area contributed by atoms with Gasteiger partial charge in [-0.05, 0) is 63.6 Å². The molecule has 0 bridgehead atoms. The zero-order chi connectivity index (χ0) is 22.1. The van der Waals surface area contributed by atoms with Crippen molar-refractivity contribution >= 4 is 17.2 Å². The van der Waals surface area contributed by atoms with Crippen LogP contribution in [0.15, 0.2) is 6.20 Å². The maximum atomic E-state index is 13.1. The molecule has 2 saturated heterocycles. The van der Waals surface area contributed by atoms with E-state index in [9.17, 15) is 4.79 Å². The highest BCUT2D eigenvalue weighted by molar-refractivity contribution is 7.13. The van der Waals surface area contributed by atoms with Crippen LogP contribution in [0.25, 0.3) is 0 Å². The molecular formula is C25H43N3O2S. The Bertz CT molecular complexity index is 667. The van der Waals surface area contributed by atoms with E-state index in [1.165, 1.54) is 77.4 Å². The maximum absolute atomic E-state index is 13.1. The second kappa shape index (κ2) is 12.3. The van der Waals surface area contributed by atoms with Crippen LogP contribution < -0.4 is 0 Å². The first-order valence-electron chi connectivity index (χ1n) is 12.6. The van der Waals surface area contributed by atoms with E-state index < -0.39 is 0 Å². The van der Waals surface area contributed by atoms with Crippen molar-refractivity contribution in [2.45, 2.75) is 90.4 Å². The third-order valence-electron chi connectivity index (χ3n) is 7.23. The van der Waals surface area contributed by atoms with Gasteiger partial charge in [0.25, 0.3) is 5.91 Å². The van der Waals surface area contributed by atoms with E-state index in [-0.39, 0.29) is 5.91 Å². The molecule has 0 saturated carbocycles. The van der Waals surface area contributed by atoms with Crippen LogP contribution in [0.1, 0.15) is 105 Å². The van der Waals surface area contributed by atoms with Gasteiger partial charge in [0, 0.05) is 25.6 Å². The molecule has 1 aromatic rings. The monoisotopic (exact) mass is 449 g/mol. The third-order valence-corrected chi connectivity index (χ3v) is 8.51. The molecule has 0 radical (unpaired) electrons. The van der Waals surface area contributed by atoms with Crippen LogP contribution >= 0.6 is 11.3 Å². The highest BCUT2D eigenvalue weighted by Gasteiger charge is 2.39. The molecule has 176 valence electrons. The van der Waals surface area contributed by atoms with Crippen molar-refractivity contribution in [1.82, 2.24) is 14.8 Å². The lowest BCUT2D eigenvalue weighted by atomic mass is 9.72. The topological polar surface area (TPSA) is 56.7 Å². The molecule has 3 rings (SSSR count). The van der Waals surface area contributed by atoms with Gasteiger partial charge < -0.3 is 14.9 Å². The van der Waals surface area contributed by atoms with E-state index >= 15 is 0 Å². The number of carbonyl (C=O) groups is 1. The third kappa shape index (κ3) is 7.26. The first kappa shape index (κ1) is 24.7. The minimum absolute atomic E-state index is 0.199. The van der Waals surface area contributed by atoms with E-state index in [4.69, 9.17) is 5.11 Å². The second-order valence-corrected chi connectivity index (χ2v) is 11.2. The molecule has 6 heteroatoms. The Kier molecular flexibility index (Phi) is 9.79. The van der Waals surface area contributed by atoms with E-state index in [1.54, 1.807) is 17.5 Å². The number of thiazole rings is 1. The SMILES string of the molecule is CC(C)c1ncc(C(=O)N2CCCC3(CCN(CCCCCCCCCO)CC3)C2)s1. The number of amides is 1. The molecule has 2 aliphatic heterocycles. The number of rotatable bonds is 11. The van der Waals surface area contributed by atoms with Gasteiger partial charge in [-0.1, -0.05) is 46.0 Å². The Hall–Kier alpha value is -0.980. The molecular weight excluding hydrogens is 406 g/mol. The van der Waals surface area contributed by atoms with Crippen molar-refractivity contribution in [1.29, 1.82) is 0 Å². The van der Waals surface area contributed by atoms with Crippen molar-refractivity contribution in [3.8, 4) is 0 Å². The van der Waals surface area contributed by atoms with Gasteiger partial charge in [0.15, 0.2) is 0 Å². The van der Waals surface area contributed by atoms with Gasteiger partial charge in [-0.25, -0.2) is 4.98 Å². The number of aliphatic hydroxyl groups excluding tert-OH is 1. The molecule has 1 aromatic heterocycles. The molecule has 0 aromatic carbocycles. The summed E-state index contributed by atoms with van der Waals surface area (Å²) in [6.07, 6.45) is 15.3. The minimum Gasteiger partial charge on any atom is -0.396 e. The fourth-order valence-electron chi connectivity index (χ4n) is 5.18. The molecule has 2 fully saturated rings. The summed E-state index contributed by atoms with van der Waals surface area (Å²) in [7, 11) is 0. The number of unbranched alkanes of at least 4 members (excludes halogenated alkanes) is 6. The van der Waals surface area contributed by atoms with Gasteiger partial charge in [0.1, 0.15) is 4.88 Å². The minimum atomic E-state index is 0.199. The van der Waals surface area contributed by atoms with Gasteiger partial charge in [0.2, 0.25) is 0 Å². The lowest BCUT2D eigenvalue weighted by molar-refractivity contribution is 0.0213. The van der Waals surface area contributed by atoms with Crippen LogP contribution in [-0.4, -0.2) is 65.1 Å². The molecule has 31 heavy (non-hydrogen) atoms. The molecule has 5 nitrogen and oxygen atoms in total. The van der Waals surface area contributed by atoms with Crippen molar-refractivity contribution in [2.75, 3.05) is 39.3 Å². The van der Waals surface area contributed by atoms with Gasteiger partial charge in [-0.15, -0.1) is 11.3 Å². The number of likely N-dealkylation sites (tertiary alicyclic amines) is 2. The van der Waals surface area contributed by atoms with Gasteiger partial charge >= 0.3 is 0 Å². The van der Waals surface area contributed by atoms with Crippen LogP contribution in [0.2, 0.25) is 0 Å². The number of aromatic nitrogens is 1. The summed E-state index contributed by atoms with van der Waals surface area (Å²) in [5, 5.41) is 9.89. The maximum Gasteiger partial charge on any atom is 0.265 e. The Labute approximate surface area is 193 Å². The van der Waals surface area contributed by atoms with Crippen LogP contribution in [0, 0.1) is 5.41 Å². The second-order valence-electron chi connectivity index (χ2n) is 10.1. The number of piperidine rings is 2. The molecule has 1 amide bonds. The summed E-state index contributed by atoms with van der Waals surface area (Å²) in [4.78, 5) is 23.1. The average Bonchev–Trinajstić information content (AvgIpc) is 3.27. The predicted molar refractivity (Wildman–Crippen MR) is 129 cm³/mol. The van der Waals surface area contributed by atoms with E-state index in [1.807, 2.05) is 0 Å². The van der Waals surface area contributed by atoms with Crippen LogP contribution in [-0.2, 0) is 0 Å². The van der Waals surface area contributed by atoms with E-state index in [0.29, 0.717) is 17.9 Å². The summed E-state index contributed by atoms with van der Waals surface area (Å²) >= 11 is 1.57. The lowest BCUT2D eigenvalue weighted by Crippen LogP contribution is -2.51. The number of hydrogen-bond acceptors (Lipinski definition) is 5. The quantitative estimate of drug-likeness (QED) is 0.465. The van der Waals surface area contributed by atoms with Crippen molar-refractivity contribution in [3.63, 3.8) is 0 Å². The summed E-state index contributed by atoms with van der Waals surface area (Å²) < 4.78 is 0. The Morgan fingerprint density at radius 1 is 1.06 bits per heavy atom. The zero-order valence-corrected chi connectivity index (χ0v) is 20.6. The van der Waals surface area contributed by atoms with Gasteiger partial charge in [0.05, 0.1) is 11.2 Å². The standard InChI is InChI=1S/C25H43N3O2S/c1-21(2)23-26-19-22(31-23)24(30)28-15-10-11-25(20-28)12-16-27(17-13-25)14-8-6-4-3-5-7-9-18-29/h19,21,29H,3-18,20H2,1-2H3. The Morgan fingerprint density at radius 3 is 2.39 bits per heavy atom. The number of aliphatic hydroxyl groups is 1. The molecule has 1 N–H and O–H groups in total.